The fraction of sp³-hybridized carbons (Fsp3) is 0.412. The average Bonchev–Trinajstić information content (AvgIpc) is 2.98. The van der Waals surface area contributed by atoms with Gasteiger partial charge in [0.15, 0.2) is 5.69 Å². The Bertz CT molecular complexity index is 813. The van der Waals surface area contributed by atoms with Crippen molar-refractivity contribution in [2.45, 2.75) is 25.8 Å². The van der Waals surface area contributed by atoms with Crippen LogP contribution in [-0.4, -0.2) is 57.4 Å². The molecule has 1 aromatic heterocycles. The number of benzene rings is 1. The number of aryl methyl sites for hydroxylation is 1. The molecule has 2 heterocycles. The molecule has 3 rings (SSSR count). The molecule has 1 aromatic carbocycles. The van der Waals surface area contributed by atoms with Gasteiger partial charge in [-0.05, 0) is 38.0 Å². The number of carbonyl (C=O) groups is 2. The maximum Gasteiger partial charge on any atom is 0.273 e. The summed E-state index contributed by atoms with van der Waals surface area (Å²) in [6.07, 6.45) is 1.53. The minimum absolute atomic E-state index is 0.0438. The summed E-state index contributed by atoms with van der Waals surface area (Å²) in [6, 6.07) is 7.16. The fourth-order valence-electron chi connectivity index (χ4n) is 3.01. The van der Waals surface area contributed by atoms with E-state index in [9.17, 15) is 9.59 Å². The SMILES string of the molecule is Cc1nn(-c2cccc(Cl)c2)nc1C(=O)NC1CCN(CC(N)=O)CC1. The van der Waals surface area contributed by atoms with Crippen molar-refractivity contribution in [3.63, 3.8) is 0 Å². The lowest BCUT2D eigenvalue weighted by atomic mass is 10.0. The molecule has 0 atom stereocenters. The topological polar surface area (TPSA) is 106 Å². The number of hydrogen-bond acceptors (Lipinski definition) is 5. The lowest BCUT2D eigenvalue weighted by Crippen LogP contribution is -2.46. The molecule has 2 amide bonds. The lowest BCUT2D eigenvalue weighted by Gasteiger charge is -2.31. The quantitative estimate of drug-likeness (QED) is 0.806. The highest BCUT2D eigenvalue weighted by atomic mass is 35.5. The van der Waals surface area contributed by atoms with Gasteiger partial charge in [-0.1, -0.05) is 17.7 Å². The molecule has 3 N–H and O–H groups in total. The molecule has 2 aromatic rings. The van der Waals surface area contributed by atoms with Gasteiger partial charge in [0.05, 0.1) is 17.9 Å². The van der Waals surface area contributed by atoms with Crippen LogP contribution in [0.3, 0.4) is 0 Å². The molecule has 1 saturated heterocycles. The second-order valence-electron chi connectivity index (χ2n) is 6.39. The highest BCUT2D eigenvalue weighted by Gasteiger charge is 2.24. The normalized spacial score (nSPS) is 15.8. The van der Waals surface area contributed by atoms with E-state index in [1.165, 1.54) is 4.80 Å². The molecule has 8 nitrogen and oxygen atoms in total. The van der Waals surface area contributed by atoms with Gasteiger partial charge in [-0.2, -0.15) is 9.90 Å². The Kier molecular flexibility index (Phi) is 5.53. The predicted molar refractivity (Wildman–Crippen MR) is 97.2 cm³/mol. The number of primary amides is 1. The number of rotatable bonds is 5. The number of nitrogens with two attached hydrogens (primary N) is 1. The summed E-state index contributed by atoms with van der Waals surface area (Å²) >= 11 is 5.99. The number of halogens is 1. The minimum atomic E-state index is -0.333. The van der Waals surface area contributed by atoms with Crippen LogP contribution < -0.4 is 11.1 Å². The summed E-state index contributed by atoms with van der Waals surface area (Å²) in [5, 5.41) is 12.2. The zero-order valence-electron chi connectivity index (χ0n) is 14.5. The van der Waals surface area contributed by atoms with Crippen LogP contribution in [0.4, 0.5) is 0 Å². The maximum absolute atomic E-state index is 12.6. The first-order chi connectivity index (χ1) is 12.4. The Morgan fingerprint density at radius 2 is 2.04 bits per heavy atom. The molecule has 9 heteroatoms. The Hall–Kier alpha value is -2.45. The third kappa shape index (κ3) is 4.39. The Labute approximate surface area is 156 Å². The summed E-state index contributed by atoms with van der Waals surface area (Å²) in [4.78, 5) is 26.9. The highest BCUT2D eigenvalue weighted by Crippen LogP contribution is 2.15. The highest BCUT2D eigenvalue weighted by molar-refractivity contribution is 6.30. The minimum Gasteiger partial charge on any atom is -0.369 e. The molecular weight excluding hydrogens is 356 g/mol. The van der Waals surface area contributed by atoms with E-state index in [0.717, 1.165) is 25.9 Å². The van der Waals surface area contributed by atoms with Gasteiger partial charge in [-0.3, -0.25) is 14.5 Å². The summed E-state index contributed by atoms with van der Waals surface area (Å²) in [7, 11) is 0. The van der Waals surface area contributed by atoms with Crippen molar-refractivity contribution in [1.29, 1.82) is 0 Å². The van der Waals surface area contributed by atoms with E-state index < -0.39 is 0 Å². The molecule has 1 aliphatic rings. The summed E-state index contributed by atoms with van der Waals surface area (Å²) in [5.74, 6) is -0.579. The summed E-state index contributed by atoms with van der Waals surface area (Å²) < 4.78 is 0. The standard InChI is InChI=1S/C17H21ClN6O2/c1-11-16(22-24(21-11)14-4-2-3-12(18)9-14)17(26)20-13-5-7-23(8-6-13)10-15(19)25/h2-4,9,13H,5-8,10H2,1H3,(H2,19,25)(H,20,26). The van der Waals surface area contributed by atoms with Gasteiger partial charge in [-0.25, -0.2) is 0 Å². The van der Waals surface area contributed by atoms with E-state index in [0.29, 0.717) is 22.1 Å². The largest absolute Gasteiger partial charge is 0.369 e. The van der Waals surface area contributed by atoms with Gasteiger partial charge in [0.2, 0.25) is 5.91 Å². The number of amides is 2. The van der Waals surface area contributed by atoms with Crippen molar-refractivity contribution < 1.29 is 9.59 Å². The van der Waals surface area contributed by atoms with E-state index in [2.05, 4.69) is 15.5 Å². The number of nitrogens with one attached hydrogen (secondary N) is 1. The zero-order chi connectivity index (χ0) is 18.7. The molecule has 0 bridgehead atoms. The molecule has 26 heavy (non-hydrogen) atoms. The molecule has 1 fully saturated rings. The number of carbonyl (C=O) groups excluding carboxylic acids is 2. The van der Waals surface area contributed by atoms with Crippen LogP contribution in [0.5, 0.6) is 0 Å². The molecule has 0 saturated carbocycles. The maximum atomic E-state index is 12.6. The van der Waals surface area contributed by atoms with Crippen molar-refractivity contribution >= 4 is 23.4 Å². The Morgan fingerprint density at radius 3 is 2.69 bits per heavy atom. The van der Waals surface area contributed by atoms with E-state index in [1.807, 2.05) is 11.0 Å². The second kappa shape index (κ2) is 7.84. The first kappa shape index (κ1) is 18.3. The summed E-state index contributed by atoms with van der Waals surface area (Å²) in [6.45, 7) is 3.45. The third-order valence-electron chi connectivity index (χ3n) is 4.34. The Morgan fingerprint density at radius 1 is 1.31 bits per heavy atom. The van der Waals surface area contributed by atoms with Crippen LogP contribution in [0.2, 0.25) is 5.02 Å². The molecule has 138 valence electrons. The zero-order valence-corrected chi connectivity index (χ0v) is 15.2. The van der Waals surface area contributed by atoms with Crippen molar-refractivity contribution in [3.05, 3.63) is 40.7 Å². The molecule has 0 aliphatic carbocycles. The molecular formula is C17H21ClN6O2. The number of nitrogens with zero attached hydrogens (tertiary/aromatic N) is 4. The van der Waals surface area contributed by atoms with Crippen molar-refractivity contribution in [2.24, 2.45) is 5.73 Å². The van der Waals surface area contributed by atoms with Crippen molar-refractivity contribution in [1.82, 2.24) is 25.2 Å². The van der Waals surface area contributed by atoms with E-state index >= 15 is 0 Å². The molecule has 0 radical (unpaired) electrons. The predicted octanol–water partition coefficient (Wildman–Crippen LogP) is 0.909. The fourth-order valence-corrected chi connectivity index (χ4v) is 3.20. The monoisotopic (exact) mass is 376 g/mol. The third-order valence-corrected chi connectivity index (χ3v) is 4.57. The van der Waals surface area contributed by atoms with Crippen molar-refractivity contribution in [2.75, 3.05) is 19.6 Å². The van der Waals surface area contributed by atoms with E-state index in [4.69, 9.17) is 17.3 Å². The van der Waals surface area contributed by atoms with Crippen LogP contribution >= 0.6 is 11.6 Å². The van der Waals surface area contributed by atoms with Gasteiger partial charge in [0.1, 0.15) is 0 Å². The van der Waals surface area contributed by atoms with Gasteiger partial charge < -0.3 is 11.1 Å². The molecule has 0 unspecified atom stereocenters. The first-order valence-corrected chi connectivity index (χ1v) is 8.81. The summed E-state index contributed by atoms with van der Waals surface area (Å²) in [5.41, 5.74) is 6.75. The smallest absolute Gasteiger partial charge is 0.273 e. The number of likely N-dealkylation sites (tertiary alicyclic amines) is 1. The van der Waals surface area contributed by atoms with Crippen LogP contribution in [0.25, 0.3) is 5.69 Å². The average molecular weight is 377 g/mol. The Balaban J connectivity index is 1.63. The van der Waals surface area contributed by atoms with Crippen LogP contribution in [0.15, 0.2) is 24.3 Å². The van der Waals surface area contributed by atoms with Gasteiger partial charge in [-0.15, -0.1) is 5.10 Å². The van der Waals surface area contributed by atoms with Gasteiger partial charge in [0, 0.05) is 24.2 Å². The van der Waals surface area contributed by atoms with Crippen molar-refractivity contribution in [3.8, 4) is 5.69 Å². The van der Waals surface area contributed by atoms with Gasteiger partial charge >= 0.3 is 0 Å². The second-order valence-corrected chi connectivity index (χ2v) is 6.83. The van der Waals surface area contributed by atoms with E-state index in [-0.39, 0.29) is 24.4 Å². The lowest BCUT2D eigenvalue weighted by molar-refractivity contribution is -0.119. The van der Waals surface area contributed by atoms with Crippen LogP contribution in [0, 0.1) is 6.92 Å². The number of hydrogen-bond donors (Lipinski definition) is 2. The van der Waals surface area contributed by atoms with Gasteiger partial charge in [0.25, 0.3) is 5.91 Å². The van der Waals surface area contributed by atoms with Crippen LogP contribution in [-0.2, 0) is 4.79 Å². The molecule has 1 aliphatic heterocycles. The van der Waals surface area contributed by atoms with Crippen LogP contribution in [0.1, 0.15) is 29.0 Å². The number of aromatic nitrogens is 3. The van der Waals surface area contributed by atoms with E-state index in [1.54, 1.807) is 25.1 Å². The number of piperidine rings is 1. The molecule has 0 spiro atoms. The first-order valence-electron chi connectivity index (χ1n) is 8.44.